The van der Waals surface area contributed by atoms with Crippen molar-refractivity contribution in [2.45, 2.75) is 443 Å². The van der Waals surface area contributed by atoms with Gasteiger partial charge < -0.3 is 29.5 Å². The van der Waals surface area contributed by atoms with Gasteiger partial charge >= 0.3 is 17.9 Å². The van der Waals surface area contributed by atoms with Crippen molar-refractivity contribution in [3.05, 3.63) is 0 Å². The molecule has 0 saturated carbocycles. The van der Waals surface area contributed by atoms with E-state index < -0.39 is 0 Å². The average Bonchev–Trinajstić information content (AvgIpc) is 3.45. The highest BCUT2D eigenvalue weighted by molar-refractivity contribution is 6.63. The van der Waals surface area contributed by atoms with Gasteiger partial charge in [0.25, 0.3) is 0 Å². The second-order valence-electron chi connectivity index (χ2n) is 23.2. The molecule has 0 bridgehead atoms. The first-order valence-corrected chi connectivity index (χ1v) is 36.0. The molecule has 3 N–H and O–H groups in total. The molecule has 0 spiro atoms. The zero-order valence-corrected chi connectivity index (χ0v) is 59.3. The zero-order chi connectivity index (χ0) is 64.4. The second-order valence-corrected chi connectivity index (χ2v) is 23.7. The summed E-state index contributed by atoms with van der Waals surface area (Å²) in [6.07, 6.45) is 49.7. The van der Waals surface area contributed by atoms with Crippen LogP contribution >= 0.6 is 11.6 Å². The third-order valence-corrected chi connectivity index (χ3v) is 14.2. The Balaban J connectivity index is -0.000000166. The standard InChI is InChI=1S/3C14H28O2.3C8H18O.C6H11ClO/c1-4-6-8-10-11-13(3)16-14(15)12-9-7-5-2;1-4-7-9-11-13(6-3)16-14(15)12-10-8-5-2;1-4-7-9-12-14(15)16-13(10-6-3)11-8-5-2;1-3-4-5-6-7-8(2)9;1-3-5-6-7-8(9)4-2;1-3-5-7-8(9)6-4-2;1-2-3-4-5-6(7)8/h3*13H,4-12H2,1-3H3;3*8-9H,3-7H2,1-2H3;2-5H2,1H3. The van der Waals surface area contributed by atoms with E-state index in [9.17, 15) is 24.3 Å². The summed E-state index contributed by atoms with van der Waals surface area (Å²) < 4.78 is 16.3. The van der Waals surface area contributed by atoms with Crippen molar-refractivity contribution < 1.29 is 48.7 Å². The third-order valence-electron chi connectivity index (χ3n) is 14.0. The van der Waals surface area contributed by atoms with Crippen LogP contribution in [0, 0.1) is 0 Å². The maximum atomic E-state index is 11.5. The van der Waals surface area contributed by atoms with Gasteiger partial charge in [0.15, 0.2) is 0 Å². The first-order chi connectivity index (χ1) is 39.8. The SMILES string of the molecule is CCCCC(O)CCC.CCCCCC(=O)Cl.CCCCCC(=O)OC(CC)CCCCC.CCCCCC(=O)OC(CCC)CCCC.CCCCCC(O)CC.CCCCCCC(C)O.CCCCCCC(C)OC(=O)CCCCC. The van der Waals surface area contributed by atoms with Gasteiger partial charge in [0.1, 0.15) is 12.2 Å². The van der Waals surface area contributed by atoms with E-state index in [1.165, 1.54) is 109 Å². The zero-order valence-electron chi connectivity index (χ0n) is 58.6. The number of carbonyl (C=O) groups is 4. The Morgan fingerprint density at radius 2 is 0.627 bits per heavy atom. The number of esters is 3. The minimum atomic E-state index is -0.210. The minimum Gasteiger partial charge on any atom is -0.463 e. The van der Waals surface area contributed by atoms with Gasteiger partial charge in [-0.15, -0.1) is 0 Å². The van der Waals surface area contributed by atoms with Crippen molar-refractivity contribution in [2.24, 2.45) is 0 Å². The fraction of sp³-hybridized carbons (Fsp3) is 0.944. The lowest BCUT2D eigenvalue weighted by Crippen LogP contribution is -2.18. The summed E-state index contributed by atoms with van der Waals surface area (Å²) in [4.78, 5) is 44.5. The number of rotatable bonds is 49. The first kappa shape index (κ1) is 94.9. The summed E-state index contributed by atoms with van der Waals surface area (Å²) in [5.41, 5.74) is 0. The first-order valence-electron chi connectivity index (χ1n) is 35.7. The molecule has 0 aromatic rings. The Bertz CT molecular complexity index is 1220. The fourth-order valence-electron chi connectivity index (χ4n) is 8.36. The summed E-state index contributed by atoms with van der Waals surface area (Å²) in [7, 11) is 0. The molecule has 0 aromatic heterocycles. The highest BCUT2D eigenvalue weighted by Gasteiger charge is 2.14. The number of hydrogen-bond acceptors (Lipinski definition) is 10. The fourth-order valence-corrected chi connectivity index (χ4v) is 8.50. The van der Waals surface area contributed by atoms with E-state index in [1.807, 2.05) is 20.8 Å². The monoisotopic (exact) mass is 1210 g/mol. The number of carbonyl (C=O) groups excluding carboxylic acids is 4. The number of unbranched alkanes of at least 4 members (excludes halogenated alkanes) is 20. The maximum absolute atomic E-state index is 11.5. The van der Waals surface area contributed by atoms with Gasteiger partial charge in [0.2, 0.25) is 5.24 Å². The molecular formula is C72H149ClO10. The van der Waals surface area contributed by atoms with Gasteiger partial charge in [0.05, 0.1) is 24.4 Å². The third kappa shape index (κ3) is 99.6. The van der Waals surface area contributed by atoms with Crippen molar-refractivity contribution in [3.63, 3.8) is 0 Å². The lowest BCUT2D eigenvalue weighted by molar-refractivity contribution is -0.150. The van der Waals surface area contributed by atoms with Crippen LogP contribution in [0.3, 0.4) is 0 Å². The Hall–Kier alpha value is -1.75. The topological polar surface area (TPSA) is 157 Å². The molecular weight excluding hydrogens is 1060 g/mol. The van der Waals surface area contributed by atoms with Crippen molar-refractivity contribution >= 4 is 34.8 Å². The molecule has 0 rings (SSSR count). The van der Waals surface area contributed by atoms with E-state index >= 15 is 0 Å². The Morgan fingerprint density at radius 3 is 1.01 bits per heavy atom. The predicted molar refractivity (Wildman–Crippen MR) is 362 cm³/mol. The molecule has 0 amide bonds. The van der Waals surface area contributed by atoms with Crippen LogP contribution in [0.4, 0.5) is 0 Å². The van der Waals surface area contributed by atoms with Gasteiger partial charge in [-0.2, -0.15) is 0 Å². The summed E-state index contributed by atoms with van der Waals surface area (Å²) in [6, 6.07) is 0. The number of hydrogen-bond donors (Lipinski definition) is 3. The van der Waals surface area contributed by atoms with Gasteiger partial charge in [-0.25, -0.2) is 0 Å². The van der Waals surface area contributed by atoms with Gasteiger partial charge in [-0.1, -0.05) is 264 Å². The molecule has 0 aliphatic rings. The molecule has 0 heterocycles. The van der Waals surface area contributed by atoms with Crippen LogP contribution in [0.2, 0.25) is 0 Å². The van der Waals surface area contributed by atoms with E-state index in [1.54, 1.807) is 0 Å². The van der Waals surface area contributed by atoms with Crippen molar-refractivity contribution in [3.8, 4) is 0 Å². The molecule has 0 aliphatic heterocycles. The molecule has 0 radical (unpaired) electrons. The van der Waals surface area contributed by atoms with Crippen molar-refractivity contribution in [1.82, 2.24) is 0 Å². The van der Waals surface area contributed by atoms with Crippen LogP contribution in [-0.2, 0) is 33.4 Å². The van der Waals surface area contributed by atoms with E-state index in [0.29, 0.717) is 25.7 Å². The summed E-state index contributed by atoms with van der Waals surface area (Å²) in [5.74, 6) is -0.0174. The van der Waals surface area contributed by atoms with Crippen LogP contribution in [0.15, 0.2) is 0 Å². The van der Waals surface area contributed by atoms with Gasteiger partial charge in [-0.05, 0) is 128 Å². The Morgan fingerprint density at radius 1 is 0.301 bits per heavy atom. The number of aliphatic hydroxyl groups excluding tert-OH is 3. The highest BCUT2D eigenvalue weighted by Crippen LogP contribution is 2.15. The average molecular weight is 1210 g/mol. The van der Waals surface area contributed by atoms with Crippen molar-refractivity contribution in [1.29, 1.82) is 0 Å². The van der Waals surface area contributed by atoms with Crippen LogP contribution in [0.25, 0.3) is 0 Å². The molecule has 0 saturated heterocycles. The smallest absolute Gasteiger partial charge is 0.306 e. The van der Waals surface area contributed by atoms with Crippen LogP contribution in [0.1, 0.15) is 406 Å². The maximum Gasteiger partial charge on any atom is 0.306 e. The van der Waals surface area contributed by atoms with Gasteiger partial charge in [0, 0.05) is 25.7 Å². The van der Waals surface area contributed by atoms with Crippen LogP contribution in [-0.4, -0.2) is 75.1 Å². The largest absolute Gasteiger partial charge is 0.463 e. The Kier molecular flexibility index (Phi) is 96.6. The Labute approximate surface area is 523 Å². The molecule has 6 unspecified atom stereocenters. The number of aliphatic hydroxyl groups is 3. The molecule has 83 heavy (non-hydrogen) atoms. The lowest BCUT2D eigenvalue weighted by atomic mass is 10.1. The van der Waals surface area contributed by atoms with E-state index in [4.69, 9.17) is 36.0 Å². The summed E-state index contributed by atoms with van der Waals surface area (Å²) in [6.45, 7) is 33.8. The molecule has 0 aliphatic carbocycles. The van der Waals surface area contributed by atoms with Crippen molar-refractivity contribution in [2.75, 3.05) is 0 Å². The highest BCUT2D eigenvalue weighted by atomic mass is 35.5. The number of halogens is 1. The molecule has 0 aromatic carbocycles. The second kappa shape index (κ2) is 84.5. The van der Waals surface area contributed by atoms with E-state index in [2.05, 4.69) is 90.0 Å². The molecule has 504 valence electrons. The molecule has 11 heteroatoms. The normalized spacial score (nSPS) is 12.5. The van der Waals surface area contributed by atoms with Gasteiger partial charge in [-0.3, -0.25) is 19.2 Å². The lowest BCUT2D eigenvalue weighted by Gasteiger charge is -2.16. The van der Waals surface area contributed by atoms with Crippen LogP contribution < -0.4 is 0 Å². The summed E-state index contributed by atoms with van der Waals surface area (Å²) in [5, 5.41) is 26.9. The summed E-state index contributed by atoms with van der Waals surface area (Å²) >= 11 is 5.07. The van der Waals surface area contributed by atoms with Crippen LogP contribution in [0.5, 0.6) is 0 Å². The van der Waals surface area contributed by atoms with E-state index in [0.717, 1.165) is 161 Å². The predicted octanol–water partition coefficient (Wildman–Crippen LogP) is 22.8. The quantitative estimate of drug-likeness (QED) is 0.0232. The molecule has 6 atom stereocenters. The minimum absolute atomic E-state index is 0.00278. The molecule has 0 fully saturated rings. The molecule has 10 nitrogen and oxygen atoms in total. The van der Waals surface area contributed by atoms with E-state index in [-0.39, 0.29) is 59.8 Å². The number of ether oxygens (including phenoxy) is 3.